The average Bonchev–Trinajstić information content (AvgIpc) is 2.84. The van der Waals surface area contributed by atoms with Crippen molar-refractivity contribution in [3.8, 4) is 11.5 Å². The quantitative estimate of drug-likeness (QED) is 0.771. The van der Waals surface area contributed by atoms with Crippen LogP contribution in [0.3, 0.4) is 0 Å². The molecule has 2 heterocycles. The SMILES string of the molecule is CCn1nc(-c2ccco2)c(C=O)c1N. The third-order valence-electron chi connectivity index (χ3n) is 2.20. The monoisotopic (exact) mass is 205 g/mol. The van der Waals surface area contributed by atoms with Crippen LogP contribution in [0.4, 0.5) is 5.82 Å². The fourth-order valence-electron chi connectivity index (χ4n) is 1.44. The zero-order valence-electron chi connectivity index (χ0n) is 8.30. The van der Waals surface area contributed by atoms with Crippen molar-refractivity contribution >= 4 is 12.1 Å². The Morgan fingerprint density at radius 1 is 1.67 bits per heavy atom. The molecule has 0 fully saturated rings. The van der Waals surface area contributed by atoms with Crippen LogP contribution in [-0.4, -0.2) is 16.1 Å². The standard InChI is InChI=1S/C10H11N3O2/c1-2-13-10(11)7(6-14)9(12-13)8-4-3-5-15-8/h3-6H,2,11H2,1H3. The van der Waals surface area contributed by atoms with Crippen molar-refractivity contribution in [2.75, 3.05) is 5.73 Å². The number of aldehydes is 1. The Morgan fingerprint density at radius 2 is 2.47 bits per heavy atom. The zero-order valence-corrected chi connectivity index (χ0v) is 8.30. The van der Waals surface area contributed by atoms with Crippen LogP contribution in [0, 0.1) is 0 Å². The summed E-state index contributed by atoms with van der Waals surface area (Å²) in [5, 5.41) is 4.21. The number of hydrogen-bond acceptors (Lipinski definition) is 4. The first-order chi connectivity index (χ1) is 7.27. The zero-order chi connectivity index (χ0) is 10.8. The van der Waals surface area contributed by atoms with Crippen molar-refractivity contribution in [2.24, 2.45) is 0 Å². The molecule has 2 N–H and O–H groups in total. The Bertz CT molecular complexity index is 471. The molecule has 0 bridgehead atoms. The molecule has 0 aromatic carbocycles. The van der Waals surface area contributed by atoms with E-state index in [9.17, 15) is 4.79 Å². The predicted octanol–water partition coefficient (Wildman–Crippen LogP) is 1.56. The molecule has 0 saturated carbocycles. The van der Waals surface area contributed by atoms with Gasteiger partial charge in [0.15, 0.2) is 12.0 Å². The van der Waals surface area contributed by atoms with Gasteiger partial charge < -0.3 is 10.2 Å². The topological polar surface area (TPSA) is 74.0 Å². The maximum absolute atomic E-state index is 10.9. The second-order valence-electron chi connectivity index (χ2n) is 3.06. The minimum Gasteiger partial charge on any atom is -0.463 e. The van der Waals surface area contributed by atoms with Gasteiger partial charge in [0.2, 0.25) is 0 Å². The smallest absolute Gasteiger partial charge is 0.156 e. The van der Waals surface area contributed by atoms with Gasteiger partial charge in [-0.25, -0.2) is 4.68 Å². The molecule has 15 heavy (non-hydrogen) atoms. The Balaban J connectivity index is 2.61. The van der Waals surface area contributed by atoms with Gasteiger partial charge in [0, 0.05) is 6.54 Å². The number of hydrogen-bond donors (Lipinski definition) is 1. The van der Waals surface area contributed by atoms with E-state index in [1.165, 1.54) is 6.26 Å². The first kappa shape index (κ1) is 9.51. The van der Waals surface area contributed by atoms with Gasteiger partial charge in [0.25, 0.3) is 0 Å². The van der Waals surface area contributed by atoms with E-state index in [2.05, 4.69) is 5.10 Å². The molecule has 78 valence electrons. The molecule has 0 radical (unpaired) electrons. The van der Waals surface area contributed by atoms with E-state index in [1.54, 1.807) is 16.8 Å². The van der Waals surface area contributed by atoms with Gasteiger partial charge in [0.05, 0.1) is 11.8 Å². The van der Waals surface area contributed by atoms with Gasteiger partial charge in [-0.3, -0.25) is 4.79 Å². The summed E-state index contributed by atoms with van der Waals surface area (Å²) in [6.07, 6.45) is 2.23. The number of nitrogens with zero attached hydrogens (tertiary/aromatic N) is 2. The molecule has 0 spiro atoms. The first-order valence-electron chi connectivity index (χ1n) is 4.63. The van der Waals surface area contributed by atoms with Crippen LogP contribution in [0.1, 0.15) is 17.3 Å². The molecule has 2 rings (SSSR count). The van der Waals surface area contributed by atoms with Crippen LogP contribution in [0.25, 0.3) is 11.5 Å². The summed E-state index contributed by atoms with van der Waals surface area (Å²) in [5.41, 5.74) is 6.63. The Kier molecular flexibility index (Phi) is 2.29. The van der Waals surface area contributed by atoms with Crippen LogP contribution < -0.4 is 5.73 Å². The Hall–Kier alpha value is -2.04. The number of furan rings is 1. The van der Waals surface area contributed by atoms with E-state index in [4.69, 9.17) is 10.2 Å². The second kappa shape index (κ2) is 3.61. The number of carbonyl (C=O) groups is 1. The van der Waals surface area contributed by atoms with Crippen LogP contribution >= 0.6 is 0 Å². The molecule has 0 aliphatic heterocycles. The van der Waals surface area contributed by atoms with E-state index >= 15 is 0 Å². The molecular weight excluding hydrogens is 194 g/mol. The highest BCUT2D eigenvalue weighted by molar-refractivity contribution is 5.90. The summed E-state index contributed by atoms with van der Waals surface area (Å²) in [6, 6.07) is 3.49. The number of aryl methyl sites for hydroxylation is 1. The van der Waals surface area contributed by atoms with E-state index in [0.717, 1.165) is 0 Å². The molecule has 0 atom stereocenters. The molecule has 0 unspecified atom stereocenters. The highest BCUT2D eigenvalue weighted by atomic mass is 16.3. The molecular formula is C10H11N3O2. The van der Waals surface area contributed by atoms with Crippen molar-refractivity contribution < 1.29 is 9.21 Å². The summed E-state index contributed by atoms with van der Waals surface area (Å²) >= 11 is 0. The van der Waals surface area contributed by atoms with Crippen molar-refractivity contribution in [1.29, 1.82) is 0 Å². The lowest BCUT2D eigenvalue weighted by molar-refractivity contribution is 0.112. The van der Waals surface area contributed by atoms with Gasteiger partial charge in [0.1, 0.15) is 11.5 Å². The molecule has 0 saturated heterocycles. The number of carbonyl (C=O) groups excluding carboxylic acids is 1. The van der Waals surface area contributed by atoms with E-state index in [1.807, 2.05) is 6.92 Å². The number of anilines is 1. The first-order valence-corrected chi connectivity index (χ1v) is 4.63. The predicted molar refractivity (Wildman–Crippen MR) is 55.4 cm³/mol. The van der Waals surface area contributed by atoms with Gasteiger partial charge in [-0.2, -0.15) is 5.10 Å². The van der Waals surface area contributed by atoms with Crippen LogP contribution in [-0.2, 0) is 6.54 Å². The molecule has 5 nitrogen and oxygen atoms in total. The fraction of sp³-hybridized carbons (Fsp3) is 0.200. The van der Waals surface area contributed by atoms with E-state index in [-0.39, 0.29) is 0 Å². The highest BCUT2D eigenvalue weighted by Crippen LogP contribution is 2.25. The summed E-state index contributed by atoms with van der Waals surface area (Å²) in [4.78, 5) is 10.9. The van der Waals surface area contributed by atoms with Gasteiger partial charge >= 0.3 is 0 Å². The maximum Gasteiger partial charge on any atom is 0.156 e. The summed E-state index contributed by atoms with van der Waals surface area (Å²) < 4.78 is 6.76. The van der Waals surface area contributed by atoms with E-state index < -0.39 is 0 Å². The molecule has 0 aliphatic rings. The summed E-state index contributed by atoms with van der Waals surface area (Å²) in [7, 11) is 0. The Labute approximate surface area is 86.5 Å². The number of nitrogens with two attached hydrogens (primary N) is 1. The normalized spacial score (nSPS) is 10.5. The second-order valence-corrected chi connectivity index (χ2v) is 3.06. The highest BCUT2D eigenvalue weighted by Gasteiger charge is 2.17. The minimum absolute atomic E-state index is 0.374. The van der Waals surface area contributed by atoms with Crippen LogP contribution in [0.5, 0.6) is 0 Å². The van der Waals surface area contributed by atoms with Gasteiger partial charge in [-0.1, -0.05) is 0 Å². The molecule has 0 aliphatic carbocycles. The number of aromatic nitrogens is 2. The maximum atomic E-state index is 10.9. The molecule has 2 aromatic rings. The lowest BCUT2D eigenvalue weighted by Gasteiger charge is -1.96. The van der Waals surface area contributed by atoms with Crippen molar-refractivity contribution in [2.45, 2.75) is 13.5 Å². The third kappa shape index (κ3) is 1.41. The van der Waals surface area contributed by atoms with Crippen molar-refractivity contribution in [1.82, 2.24) is 9.78 Å². The molecule has 2 aromatic heterocycles. The Morgan fingerprint density at radius 3 is 3.00 bits per heavy atom. The summed E-state index contributed by atoms with van der Waals surface area (Å²) in [6.45, 7) is 2.53. The van der Waals surface area contributed by atoms with Crippen LogP contribution in [0.15, 0.2) is 22.8 Å². The van der Waals surface area contributed by atoms with Crippen molar-refractivity contribution in [3.63, 3.8) is 0 Å². The van der Waals surface area contributed by atoms with Gasteiger partial charge in [-0.05, 0) is 19.1 Å². The average molecular weight is 205 g/mol. The lowest BCUT2D eigenvalue weighted by Crippen LogP contribution is -2.02. The lowest BCUT2D eigenvalue weighted by atomic mass is 10.2. The van der Waals surface area contributed by atoms with Gasteiger partial charge in [-0.15, -0.1) is 0 Å². The summed E-state index contributed by atoms with van der Waals surface area (Å²) in [5.74, 6) is 0.926. The largest absolute Gasteiger partial charge is 0.463 e. The third-order valence-corrected chi connectivity index (χ3v) is 2.20. The van der Waals surface area contributed by atoms with Crippen LogP contribution in [0.2, 0.25) is 0 Å². The molecule has 0 amide bonds. The van der Waals surface area contributed by atoms with Crippen molar-refractivity contribution in [3.05, 3.63) is 24.0 Å². The fourth-order valence-corrected chi connectivity index (χ4v) is 1.44. The molecule has 5 heteroatoms. The number of nitrogen functional groups attached to an aromatic ring is 1. The number of rotatable bonds is 3. The van der Waals surface area contributed by atoms with E-state index in [0.29, 0.717) is 35.7 Å². The minimum atomic E-state index is 0.374.